The molecule has 0 saturated heterocycles. The minimum atomic E-state index is -0.463. The van der Waals surface area contributed by atoms with Crippen LogP contribution in [-0.4, -0.2) is 25.5 Å². The Balaban J connectivity index is 2.81. The van der Waals surface area contributed by atoms with Crippen LogP contribution < -0.4 is 11.3 Å². The maximum atomic E-state index is 13.3. The molecule has 0 aliphatic rings. The van der Waals surface area contributed by atoms with E-state index in [1.165, 1.54) is 12.1 Å². The molecular weight excluding hydrogens is 315 g/mol. The number of rotatable bonds is 8. The van der Waals surface area contributed by atoms with E-state index in [0.29, 0.717) is 19.6 Å². The third-order valence-electron chi connectivity index (χ3n) is 2.65. The molecule has 0 amide bonds. The molecule has 0 aromatic heterocycles. The first kappa shape index (κ1) is 16.5. The van der Waals surface area contributed by atoms with Gasteiger partial charge in [0.2, 0.25) is 0 Å². The lowest BCUT2D eigenvalue weighted by Gasteiger charge is -2.26. The van der Waals surface area contributed by atoms with Gasteiger partial charge < -0.3 is 9.47 Å². The zero-order valence-electron chi connectivity index (χ0n) is 11.2. The number of nitrogens with one attached hydrogen (secondary N) is 1. The highest BCUT2D eigenvalue weighted by Crippen LogP contribution is 2.20. The molecular formula is C13H20BrFN2O2. The average molecular weight is 335 g/mol. The van der Waals surface area contributed by atoms with E-state index in [2.05, 4.69) is 21.4 Å². The standard InChI is InChI=1S/C13H20BrFN2O2/c1-3-18-13(19-4-2)12(17-16)8-9-7-10(15)5-6-11(9)14/h5-7,12-13,17H,3-4,8,16H2,1-2H3. The van der Waals surface area contributed by atoms with Gasteiger partial charge in [-0.2, -0.15) is 0 Å². The summed E-state index contributed by atoms with van der Waals surface area (Å²) >= 11 is 3.40. The molecule has 1 unspecified atom stereocenters. The molecule has 1 aromatic rings. The Morgan fingerprint density at radius 2 is 1.95 bits per heavy atom. The number of ether oxygens (including phenoxy) is 2. The van der Waals surface area contributed by atoms with Gasteiger partial charge in [0.25, 0.3) is 0 Å². The third kappa shape index (κ3) is 5.16. The SMILES string of the molecule is CCOC(OCC)C(Cc1cc(F)ccc1Br)NN. The van der Waals surface area contributed by atoms with Crippen molar-refractivity contribution in [3.63, 3.8) is 0 Å². The van der Waals surface area contributed by atoms with E-state index in [1.807, 2.05) is 13.8 Å². The normalized spacial score (nSPS) is 12.9. The van der Waals surface area contributed by atoms with E-state index in [4.69, 9.17) is 15.3 Å². The fourth-order valence-corrected chi connectivity index (χ4v) is 2.19. The molecule has 108 valence electrons. The van der Waals surface area contributed by atoms with Crippen LogP contribution in [0.2, 0.25) is 0 Å². The van der Waals surface area contributed by atoms with E-state index in [0.717, 1.165) is 10.0 Å². The molecule has 0 aliphatic carbocycles. The molecule has 0 aliphatic heterocycles. The minimum Gasteiger partial charge on any atom is -0.351 e. The van der Waals surface area contributed by atoms with Gasteiger partial charge in [0, 0.05) is 17.7 Å². The van der Waals surface area contributed by atoms with Gasteiger partial charge in [0.05, 0.1) is 6.04 Å². The van der Waals surface area contributed by atoms with Crippen molar-refractivity contribution < 1.29 is 13.9 Å². The molecule has 0 heterocycles. The number of halogens is 2. The zero-order chi connectivity index (χ0) is 14.3. The molecule has 0 fully saturated rings. The van der Waals surface area contributed by atoms with E-state index >= 15 is 0 Å². The second-order valence-electron chi connectivity index (χ2n) is 3.99. The molecule has 0 saturated carbocycles. The predicted molar refractivity (Wildman–Crippen MR) is 76.0 cm³/mol. The Morgan fingerprint density at radius 1 is 1.32 bits per heavy atom. The smallest absolute Gasteiger partial charge is 0.174 e. The second kappa shape index (κ2) is 8.60. The highest BCUT2D eigenvalue weighted by Gasteiger charge is 2.22. The number of hydrazine groups is 1. The molecule has 19 heavy (non-hydrogen) atoms. The van der Waals surface area contributed by atoms with E-state index in [1.54, 1.807) is 6.07 Å². The highest BCUT2D eigenvalue weighted by molar-refractivity contribution is 9.10. The number of nitrogens with two attached hydrogens (primary N) is 1. The van der Waals surface area contributed by atoms with Gasteiger partial charge in [0.15, 0.2) is 6.29 Å². The summed E-state index contributed by atoms with van der Waals surface area (Å²) in [5, 5.41) is 0. The molecule has 3 N–H and O–H groups in total. The van der Waals surface area contributed by atoms with Crippen molar-refractivity contribution in [2.45, 2.75) is 32.6 Å². The van der Waals surface area contributed by atoms with Crippen LogP contribution in [0.25, 0.3) is 0 Å². The van der Waals surface area contributed by atoms with Crippen LogP contribution in [0.15, 0.2) is 22.7 Å². The number of benzene rings is 1. The number of hydrogen-bond donors (Lipinski definition) is 2. The summed E-state index contributed by atoms with van der Waals surface area (Å²) in [7, 11) is 0. The van der Waals surface area contributed by atoms with Crippen molar-refractivity contribution in [2.24, 2.45) is 5.84 Å². The third-order valence-corrected chi connectivity index (χ3v) is 3.43. The molecule has 0 spiro atoms. The van der Waals surface area contributed by atoms with Crippen molar-refractivity contribution in [1.29, 1.82) is 0 Å². The van der Waals surface area contributed by atoms with Crippen molar-refractivity contribution >= 4 is 15.9 Å². The van der Waals surface area contributed by atoms with Crippen LogP contribution in [0.5, 0.6) is 0 Å². The summed E-state index contributed by atoms with van der Waals surface area (Å²) in [5.74, 6) is 5.27. The molecule has 6 heteroatoms. The molecule has 4 nitrogen and oxygen atoms in total. The molecule has 0 bridgehead atoms. The Hall–Kier alpha value is -0.530. The Bertz CT molecular complexity index is 387. The molecule has 1 aromatic carbocycles. The summed E-state index contributed by atoms with van der Waals surface area (Å²) in [6, 6.07) is 4.30. The van der Waals surface area contributed by atoms with Gasteiger partial charge >= 0.3 is 0 Å². The van der Waals surface area contributed by atoms with Crippen LogP contribution in [0, 0.1) is 5.82 Å². The van der Waals surface area contributed by atoms with Crippen molar-refractivity contribution in [3.8, 4) is 0 Å². The lowest BCUT2D eigenvalue weighted by molar-refractivity contribution is -0.153. The minimum absolute atomic E-state index is 0.252. The molecule has 1 rings (SSSR count). The Kier molecular flexibility index (Phi) is 7.48. The van der Waals surface area contributed by atoms with Crippen molar-refractivity contribution in [2.75, 3.05) is 13.2 Å². The molecule has 1 atom stereocenters. The van der Waals surface area contributed by atoms with Gasteiger partial charge in [-0.15, -0.1) is 0 Å². The summed E-state index contributed by atoms with van der Waals surface area (Å²) < 4.78 is 25.1. The van der Waals surface area contributed by atoms with E-state index < -0.39 is 6.29 Å². The van der Waals surface area contributed by atoms with Gasteiger partial charge in [-0.05, 0) is 44.0 Å². The van der Waals surface area contributed by atoms with Crippen LogP contribution in [0.3, 0.4) is 0 Å². The highest BCUT2D eigenvalue weighted by atomic mass is 79.9. The second-order valence-corrected chi connectivity index (χ2v) is 4.85. The summed E-state index contributed by atoms with van der Waals surface area (Å²) in [6.07, 6.45) is 0.0367. The first-order chi connectivity index (χ1) is 9.12. The summed E-state index contributed by atoms with van der Waals surface area (Å²) in [4.78, 5) is 0. The Labute approximate surface area is 121 Å². The van der Waals surface area contributed by atoms with E-state index in [-0.39, 0.29) is 11.9 Å². The fourth-order valence-electron chi connectivity index (χ4n) is 1.78. The van der Waals surface area contributed by atoms with Crippen molar-refractivity contribution in [3.05, 3.63) is 34.1 Å². The van der Waals surface area contributed by atoms with Crippen molar-refractivity contribution in [1.82, 2.24) is 5.43 Å². The summed E-state index contributed by atoms with van der Waals surface area (Å²) in [6.45, 7) is 4.82. The lowest BCUT2D eigenvalue weighted by Crippen LogP contribution is -2.48. The van der Waals surface area contributed by atoms with Gasteiger partial charge in [0.1, 0.15) is 5.82 Å². The van der Waals surface area contributed by atoms with Crippen LogP contribution in [0.1, 0.15) is 19.4 Å². The Morgan fingerprint density at radius 3 is 2.47 bits per heavy atom. The van der Waals surface area contributed by atoms with Gasteiger partial charge in [-0.3, -0.25) is 11.3 Å². The lowest BCUT2D eigenvalue weighted by atomic mass is 10.1. The maximum Gasteiger partial charge on any atom is 0.174 e. The molecule has 0 radical (unpaired) electrons. The van der Waals surface area contributed by atoms with E-state index in [9.17, 15) is 4.39 Å². The van der Waals surface area contributed by atoms with Crippen LogP contribution in [-0.2, 0) is 15.9 Å². The zero-order valence-corrected chi connectivity index (χ0v) is 12.7. The van der Waals surface area contributed by atoms with Gasteiger partial charge in [-0.25, -0.2) is 4.39 Å². The summed E-state index contributed by atoms with van der Waals surface area (Å²) in [5.41, 5.74) is 3.49. The monoisotopic (exact) mass is 334 g/mol. The quantitative estimate of drug-likeness (QED) is 0.435. The average Bonchev–Trinajstić information content (AvgIpc) is 2.39. The first-order valence-electron chi connectivity index (χ1n) is 6.25. The van der Waals surface area contributed by atoms with Crippen LogP contribution in [0.4, 0.5) is 4.39 Å². The number of hydrogen-bond acceptors (Lipinski definition) is 4. The first-order valence-corrected chi connectivity index (χ1v) is 7.04. The largest absolute Gasteiger partial charge is 0.351 e. The van der Waals surface area contributed by atoms with Gasteiger partial charge in [-0.1, -0.05) is 15.9 Å². The fraction of sp³-hybridized carbons (Fsp3) is 0.538. The van der Waals surface area contributed by atoms with Crippen LogP contribution >= 0.6 is 15.9 Å². The maximum absolute atomic E-state index is 13.3. The topological polar surface area (TPSA) is 56.5 Å². The predicted octanol–water partition coefficient (Wildman–Crippen LogP) is 2.36.